The summed E-state index contributed by atoms with van der Waals surface area (Å²) in [4.78, 5) is 11.3. The minimum atomic E-state index is -1.38. The van der Waals surface area contributed by atoms with Gasteiger partial charge in [-0.25, -0.2) is 8.78 Å². The van der Waals surface area contributed by atoms with Crippen LogP contribution in [0.15, 0.2) is 42.5 Å². The van der Waals surface area contributed by atoms with E-state index in [0.717, 1.165) is 12.1 Å². The molecule has 2 atom stereocenters. The molecule has 0 aromatic heterocycles. The molecule has 6 heteroatoms. The van der Waals surface area contributed by atoms with E-state index >= 15 is 0 Å². The molecule has 0 radical (unpaired) electrons. The molecular weight excluding hydrogens is 336 g/mol. The molecule has 2 rings (SSSR count). The molecule has 2 aromatic carbocycles. The minimum absolute atomic E-state index is 0.204. The molecule has 0 saturated carbocycles. The van der Waals surface area contributed by atoms with Gasteiger partial charge in [-0.3, -0.25) is 4.79 Å². The van der Waals surface area contributed by atoms with E-state index in [1.807, 2.05) is 0 Å². The molecule has 0 aliphatic rings. The molecule has 0 saturated heterocycles. The highest BCUT2D eigenvalue weighted by Crippen LogP contribution is 2.41. The first-order chi connectivity index (χ1) is 11.3. The summed E-state index contributed by atoms with van der Waals surface area (Å²) < 4.78 is 26.8. The van der Waals surface area contributed by atoms with Gasteiger partial charge in [-0.2, -0.15) is 5.26 Å². The Balaban J connectivity index is 2.61. The number of carboxylic acids is 1. The quantitative estimate of drug-likeness (QED) is 0.854. The number of hydrogen-bond acceptors (Lipinski definition) is 2. The third-order valence-electron chi connectivity index (χ3n) is 4.08. The van der Waals surface area contributed by atoms with Crippen LogP contribution in [0.4, 0.5) is 8.78 Å². The van der Waals surface area contributed by atoms with Crippen molar-refractivity contribution in [3.8, 4) is 6.07 Å². The maximum Gasteiger partial charge on any atom is 0.304 e. The number of halogens is 3. The predicted molar refractivity (Wildman–Crippen MR) is 85.8 cm³/mol. The van der Waals surface area contributed by atoms with Crippen molar-refractivity contribution in [1.82, 2.24) is 0 Å². The van der Waals surface area contributed by atoms with Crippen molar-refractivity contribution >= 4 is 17.6 Å². The van der Waals surface area contributed by atoms with Crippen LogP contribution < -0.4 is 0 Å². The number of rotatable bonds is 5. The lowest BCUT2D eigenvalue weighted by Crippen LogP contribution is -2.31. The Kier molecular flexibility index (Phi) is 5.20. The maximum atomic E-state index is 13.6. The molecule has 0 aliphatic carbocycles. The molecule has 0 heterocycles. The zero-order chi connectivity index (χ0) is 17.9. The van der Waals surface area contributed by atoms with Crippen LogP contribution >= 0.6 is 11.6 Å². The van der Waals surface area contributed by atoms with E-state index in [9.17, 15) is 23.9 Å². The van der Waals surface area contributed by atoms with E-state index in [2.05, 4.69) is 6.07 Å². The average Bonchev–Trinajstić information content (AvgIpc) is 2.54. The van der Waals surface area contributed by atoms with Crippen LogP contribution in [-0.4, -0.2) is 11.1 Å². The van der Waals surface area contributed by atoms with E-state index in [4.69, 9.17) is 11.6 Å². The second-order valence-electron chi connectivity index (χ2n) is 5.65. The topological polar surface area (TPSA) is 61.1 Å². The minimum Gasteiger partial charge on any atom is -0.481 e. The summed E-state index contributed by atoms with van der Waals surface area (Å²) in [5.74, 6) is -4.02. The van der Waals surface area contributed by atoms with Gasteiger partial charge in [-0.15, -0.1) is 0 Å². The van der Waals surface area contributed by atoms with Crippen molar-refractivity contribution in [3.63, 3.8) is 0 Å². The second-order valence-corrected chi connectivity index (χ2v) is 6.08. The summed E-state index contributed by atoms with van der Waals surface area (Å²) >= 11 is 5.97. The van der Waals surface area contributed by atoms with E-state index in [0.29, 0.717) is 10.6 Å². The number of aliphatic carboxylic acids is 1. The normalized spacial score (nSPS) is 14.5. The van der Waals surface area contributed by atoms with E-state index < -0.39 is 28.9 Å². The van der Waals surface area contributed by atoms with Gasteiger partial charge in [-0.05, 0) is 42.3 Å². The number of carboxylic acid groups (broad SMARTS) is 1. The van der Waals surface area contributed by atoms with Crippen LogP contribution in [-0.2, 0) is 10.2 Å². The van der Waals surface area contributed by atoms with Crippen LogP contribution in [0.1, 0.15) is 30.4 Å². The fourth-order valence-electron chi connectivity index (χ4n) is 2.72. The van der Waals surface area contributed by atoms with Crippen molar-refractivity contribution in [2.75, 3.05) is 0 Å². The van der Waals surface area contributed by atoms with Crippen molar-refractivity contribution in [2.45, 2.75) is 24.7 Å². The summed E-state index contributed by atoms with van der Waals surface area (Å²) in [5, 5.41) is 19.4. The molecule has 1 N–H and O–H groups in total. The molecule has 24 heavy (non-hydrogen) atoms. The molecule has 0 amide bonds. The Hall–Kier alpha value is -2.45. The van der Waals surface area contributed by atoms with Gasteiger partial charge in [0.1, 0.15) is 0 Å². The number of hydrogen-bond donors (Lipinski definition) is 1. The lowest BCUT2D eigenvalue weighted by molar-refractivity contribution is -0.137. The largest absolute Gasteiger partial charge is 0.481 e. The zero-order valence-electron chi connectivity index (χ0n) is 12.8. The zero-order valence-corrected chi connectivity index (χ0v) is 13.5. The van der Waals surface area contributed by atoms with Gasteiger partial charge in [0, 0.05) is 10.9 Å². The van der Waals surface area contributed by atoms with Gasteiger partial charge < -0.3 is 5.11 Å². The summed E-state index contributed by atoms with van der Waals surface area (Å²) in [6.45, 7) is 1.51. The first-order valence-electron chi connectivity index (χ1n) is 7.12. The Labute approximate surface area is 143 Å². The SMILES string of the molecule is CC(C#N)(c1ccc(F)c(F)c1)C(CC(=O)O)c1cccc(Cl)c1. The fourth-order valence-corrected chi connectivity index (χ4v) is 2.91. The Morgan fingerprint density at radius 1 is 1.29 bits per heavy atom. The fraction of sp³-hybridized carbons (Fsp3) is 0.222. The molecule has 2 unspecified atom stereocenters. The number of nitriles is 1. The second kappa shape index (κ2) is 6.98. The molecule has 0 aliphatic heterocycles. The molecule has 124 valence electrons. The van der Waals surface area contributed by atoms with Crippen LogP contribution in [0.3, 0.4) is 0 Å². The lowest BCUT2D eigenvalue weighted by Gasteiger charge is -2.32. The van der Waals surface area contributed by atoms with Crippen LogP contribution in [0.5, 0.6) is 0 Å². The number of carbonyl (C=O) groups is 1. The summed E-state index contributed by atoms with van der Waals surface area (Å²) in [6.07, 6.45) is -0.358. The van der Waals surface area contributed by atoms with Gasteiger partial charge in [0.15, 0.2) is 11.6 Å². The molecule has 0 spiro atoms. The monoisotopic (exact) mass is 349 g/mol. The van der Waals surface area contributed by atoms with Gasteiger partial charge in [0.05, 0.1) is 17.9 Å². The maximum absolute atomic E-state index is 13.6. The number of benzene rings is 2. The Morgan fingerprint density at radius 3 is 2.54 bits per heavy atom. The Morgan fingerprint density at radius 2 is 2.00 bits per heavy atom. The summed E-state index contributed by atoms with van der Waals surface area (Å²) in [6, 6.07) is 11.7. The molecule has 3 nitrogen and oxygen atoms in total. The van der Waals surface area contributed by atoms with Crippen LogP contribution in [0.25, 0.3) is 0 Å². The van der Waals surface area contributed by atoms with Crippen molar-refractivity contribution in [3.05, 3.63) is 70.2 Å². The molecule has 2 aromatic rings. The summed E-state index contributed by atoms with van der Waals surface area (Å²) in [5.41, 5.74) is -0.633. The molecular formula is C18H14ClF2NO2. The van der Waals surface area contributed by atoms with Gasteiger partial charge in [0.25, 0.3) is 0 Å². The third-order valence-corrected chi connectivity index (χ3v) is 4.31. The third kappa shape index (κ3) is 3.55. The standard InChI is InChI=1S/C18H14ClF2NO2/c1-18(10-22,12-5-6-15(20)16(21)8-12)14(9-17(23)24)11-3-2-4-13(19)7-11/h2-8,14H,9H2,1H3,(H,23,24). The highest BCUT2D eigenvalue weighted by Gasteiger charge is 2.39. The first-order valence-corrected chi connectivity index (χ1v) is 7.49. The molecule has 0 fully saturated rings. The molecule has 0 bridgehead atoms. The van der Waals surface area contributed by atoms with Gasteiger partial charge in [0.2, 0.25) is 0 Å². The lowest BCUT2D eigenvalue weighted by atomic mass is 9.68. The number of nitrogens with zero attached hydrogens (tertiary/aromatic N) is 1. The van der Waals surface area contributed by atoms with Crippen molar-refractivity contribution < 1.29 is 18.7 Å². The van der Waals surface area contributed by atoms with Gasteiger partial charge in [-0.1, -0.05) is 29.8 Å². The predicted octanol–water partition coefficient (Wildman–Crippen LogP) is 4.66. The summed E-state index contributed by atoms with van der Waals surface area (Å²) in [7, 11) is 0. The van der Waals surface area contributed by atoms with E-state index in [1.165, 1.54) is 13.0 Å². The highest BCUT2D eigenvalue weighted by atomic mass is 35.5. The van der Waals surface area contributed by atoms with Gasteiger partial charge >= 0.3 is 5.97 Å². The first kappa shape index (κ1) is 17.9. The van der Waals surface area contributed by atoms with Crippen molar-refractivity contribution in [2.24, 2.45) is 0 Å². The average molecular weight is 350 g/mol. The Bertz CT molecular complexity index is 819. The van der Waals surface area contributed by atoms with Crippen LogP contribution in [0, 0.1) is 23.0 Å². The van der Waals surface area contributed by atoms with Crippen LogP contribution in [0.2, 0.25) is 5.02 Å². The highest BCUT2D eigenvalue weighted by molar-refractivity contribution is 6.30. The smallest absolute Gasteiger partial charge is 0.304 e. The van der Waals surface area contributed by atoms with E-state index in [-0.39, 0.29) is 12.0 Å². The van der Waals surface area contributed by atoms with Crippen molar-refractivity contribution in [1.29, 1.82) is 5.26 Å². The van der Waals surface area contributed by atoms with E-state index in [1.54, 1.807) is 24.3 Å².